The largest absolute Gasteiger partial charge is 0.507 e. The first kappa shape index (κ1) is 26.0. The zero-order chi connectivity index (χ0) is 27.2. The van der Waals surface area contributed by atoms with Crippen LogP contribution in [-0.2, 0) is 0 Å². The Balaban J connectivity index is 1.37. The number of aromatic nitrogens is 1. The maximum absolute atomic E-state index is 12.6. The number of nitrogens with zero attached hydrogens (tertiary/aromatic N) is 2. The molecule has 4 aromatic carbocycles. The number of carbonyl (C=O) groups excluding carboxylic acids is 1. The maximum atomic E-state index is 12.6. The summed E-state index contributed by atoms with van der Waals surface area (Å²) in [5.41, 5.74) is 6.19. The van der Waals surface area contributed by atoms with Crippen molar-refractivity contribution in [1.29, 1.82) is 0 Å². The Morgan fingerprint density at radius 2 is 1.62 bits per heavy atom. The normalized spacial score (nSPS) is 11.8. The molecule has 39 heavy (non-hydrogen) atoms. The lowest BCUT2D eigenvalue weighted by Crippen LogP contribution is -2.26. The number of hydrogen-bond donors (Lipinski definition) is 2. The Bertz CT molecular complexity index is 1540. The number of oxazole rings is 1. The van der Waals surface area contributed by atoms with Crippen LogP contribution in [0, 0.1) is 0 Å². The number of benzene rings is 4. The third-order valence-electron chi connectivity index (χ3n) is 7.13. The average molecular weight is 520 g/mol. The quantitative estimate of drug-likeness (QED) is 0.208. The van der Waals surface area contributed by atoms with Crippen LogP contribution in [0.1, 0.15) is 47.7 Å². The van der Waals surface area contributed by atoms with E-state index in [2.05, 4.69) is 72.6 Å². The fraction of sp³-hybridized carbons (Fsp3) is 0.212. The molecule has 5 rings (SSSR count). The van der Waals surface area contributed by atoms with Gasteiger partial charge in [0.25, 0.3) is 5.91 Å². The minimum atomic E-state index is -0.288. The Labute approximate surface area is 228 Å². The van der Waals surface area contributed by atoms with E-state index < -0.39 is 0 Å². The van der Waals surface area contributed by atoms with Crippen molar-refractivity contribution in [3.63, 3.8) is 0 Å². The van der Waals surface area contributed by atoms with E-state index >= 15 is 0 Å². The molecule has 6 nitrogen and oxygen atoms in total. The minimum absolute atomic E-state index is 0.0235. The number of para-hydroxylation sites is 1. The van der Waals surface area contributed by atoms with Gasteiger partial charge in [-0.05, 0) is 79.9 Å². The molecule has 1 atom stereocenters. The van der Waals surface area contributed by atoms with Crippen molar-refractivity contribution in [3.8, 4) is 17.2 Å². The van der Waals surface area contributed by atoms with Crippen molar-refractivity contribution in [2.75, 3.05) is 24.5 Å². The van der Waals surface area contributed by atoms with E-state index in [1.54, 1.807) is 18.2 Å². The molecule has 198 valence electrons. The molecular weight excluding hydrogens is 486 g/mol. The van der Waals surface area contributed by atoms with Gasteiger partial charge in [0.2, 0.25) is 5.89 Å². The van der Waals surface area contributed by atoms with Gasteiger partial charge in [-0.15, -0.1) is 0 Å². The smallest absolute Gasteiger partial charge is 0.255 e. The number of hydrogen-bond acceptors (Lipinski definition) is 5. The maximum Gasteiger partial charge on any atom is 0.255 e. The number of fused-ring (bicyclic) bond motifs is 1. The fourth-order valence-electron chi connectivity index (χ4n) is 4.99. The van der Waals surface area contributed by atoms with E-state index in [-0.39, 0.29) is 23.1 Å². The first-order valence-electron chi connectivity index (χ1n) is 13.4. The van der Waals surface area contributed by atoms with Gasteiger partial charge in [-0.1, -0.05) is 48.5 Å². The molecule has 0 radical (unpaired) electrons. The van der Waals surface area contributed by atoms with E-state index in [4.69, 9.17) is 9.40 Å². The molecule has 0 spiro atoms. The first-order chi connectivity index (χ1) is 19.1. The highest BCUT2D eigenvalue weighted by Crippen LogP contribution is 2.32. The van der Waals surface area contributed by atoms with Gasteiger partial charge in [0.15, 0.2) is 5.58 Å². The number of aromatic hydroxyl groups is 1. The SMILES string of the molecule is CCN(CC)c1ccc(-c2nc3cc(C(CCNC(=O)c4ccccc4O)c4ccccc4)ccc3o2)cc1. The van der Waals surface area contributed by atoms with Crippen LogP contribution in [-0.4, -0.2) is 35.6 Å². The Hall–Kier alpha value is -4.58. The summed E-state index contributed by atoms with van der Waals surface area (Å²) in [7, 11) is 0. The lowest BCUT2D eigenvalue weighted by atomic mass is 9.88. The van der Waals surface area contributed by atoms with E-state index in [1.807, 2.05) is 24.3 Å². The Morgan fingerprint density at radius 3 is 2.33 bits per heavy atom. The van der Waals surface area contributed by atoms with Crippen LogP contribution >= 0.6 is 0 Å². The molecule has 1 aromatic heterocycles. The van der Waals surface area contributed by atoms with Crippen LogP contribution in [0.3, 0.4) is 0 Å². The lowest BCUT2D eigenvalue weighted by molar-refractivity contribution is 0.0950. The molecular formula is C33H33N3O3. The van der Waals surface area contributed by atoms with Crippen LogP contribution < -0.4 is 10.2 Å². The second-order valence-corrected chi connectivity index (χ2v) is 9.49. The summed E-state index contributed by atoms with van der Waals surface area (Å²) in [5.74, 6) is 0.335. The van der Waals surface area contributed by atoms with Crippen molar-refractivity contribution < 1.29 is 14.3 Å². The standard InChI is InChI=1S/C33H33N3O3/c1-3-36(4-2)26-17-14-24(15-18-26)33-35-29-22-25(16-19-31(29)39-33)27(23-10-6-5-7-11-23)20-21-34-32(38)28-12-8-9-13-30(28)37/h5-19,22,27,37H,3-4,20-21H2,1-2H3,(H,34,38). The molecule has 1 unspecified atom stereocenters. The monoisotopic (exact) mass is 519 g/mol. The van der Waals surface area contributed by atoms with Crippen molar-refractivity contribution in [3.05, 3.63) is 114 Å². The molecule has 0 bridgehead atoms. The highest BCUT2D eigenvalue weighted by Gasteiger charge is 2.18. The van der Waals surface area contributed by atoms with Gasteiger partial charge in [0.05, 0.1) is 5.56 Å². The van der Waals surface area contributed by atoms with Crippen molar-refractivity contribution in [1.82, 2.24) is 10.3 Å². The third kappa shape index (κ3) is 5.80. The van der Waals surface area contributed by atoms with Crippen LogP contribution in [0.15, 0.2) is 101 Å². The summed E-state index contributed by atoms with van der Waals surface area (Å²) in [4.78, 5) is 19.7. The number of rotatable bonds is 10. The number of anilines is 1. The molecule has 1 amide bonds. The number of phenolic OH excluding ortho intramolecular Hbond substituents is 1. The van der Waals surface area contributed by atoms with Gasteiger partial charge in [-0.25, -0.2) is 4.98 Å². The van der Waals surface area contributed by atoms with E-state index in [0.717, 1.165) is 40.9 Å². The highest BCUT2D eigenvalue weighted by molar-refractivity contribution is 5.96. The van der Waals surface area contributed by atoms with Gasteiger partial charge in [0, 0.05) is 36.8 Å². The number of carbonyl (C=O) groups is 1. The second kappa shape index (κ2) is 11.9. The minimum Gasteiger partial charge on any atom is -0.507 e. The van der Waals surface area contributed by atoms with E-state index in [1.165, 1.54) is 11.8 Å². The van der Waals surface area contributed by atoms with Gasteiger partial charge in [-0.3, -0.25) is 4.79 Å². The number of phenols is 1. The van der Waals surface area contributed by atoms with Crippen molar-refractivity contribution in [2.45, 2.75) is 26.2 Å². The first-order valence-corrected chi connectivity index (χ1v) is 13.4. The summed E-state index contributed by atoms with van der Waals surface area (Å²) < 4.78 is 6.11. The molecule has 0 aliphatic rings. The highest BCUT2D eigenvalue weighted by atomic mass is 16.3. The summed E-state index contributed by atoms with van der Waals surface area (Å²) in [5, 5.41) is 13.0. The predicted molar refractivity (Wildman–Crippen MR) is 156 cm³/mol. The summed E-state index contributed by atoms with van der Waals surface area (Å²) in [6.07, 6.45) is 0.687. The van der Waals surface area contributed by atoms with E-state index in [9.17, 15) is 9.90 Å². The van der Waals surface area contributed by atoms with Gasteiger partial charge in [-0.2, -0.15) is 0 Å². The van der Waals surface area contributed by atoms with Crippen LogP contribution in [0.2, 0.25) is 0 Å². The molecule has 2 N–H and O–H groups in total. The third-order valence-corrected chi connectivity index (χ3v) is 7.13. The Morgan fingerprint density at radius 1 is 0.897 bits per heavy atom. The molecule has 0 saturated heterocycles. The zero-order valence-corrected chi connectivity index (χ0v) is 22.3. The molecule has 0 saturated carbocycles. The van der Waals surface area contributed by atoms with E-state index in [0.29, 0.717) is 18.9 Å². The zero-order valence-electron chi connectivity index (χ0n) is 22.3. The van der Waals surface area contributed by atoms with Gasteiger partial charge < -0.3 is 19.7 Å². The Kier molecular flexibility index (Phi) is 7.92. The summed E-state index contributed by atoms with van der Waals surface area (Å²) in [6.45, 7) is 6.68. The fourth-order valence-corrected chi connectivity index (χ4v) is 4.99. The molecule has 0 fully saturated rings. The molecule has 6 heteroatoms. The van der Waals surface area contributed by atoms with Gasteiger partial charge >= 0.3 is 0 Å². The van der Waals surface area contributed by atoms with Gasteiger partial charge in [0.1, 0.15) is 11.3 Å². The molecule has 1 heterocycles. The molecule has 0 aliphatic heterocycles. The second-order valence-electron chi connectivity index (χ2n) is 9.49. The predicted octanol–water partition coefficient (Wildman–Crippen LogP) is 7.00. The lowest BCUT2D eigenvalue weighted by Gasteiger charge is -2.20. The van der Waals surface area contributed by atoms with Crippen LogP contribution in [0.25, 0.3) is 22.6 Å². The van der Waals surface area contributed by atoms with Crippen LogP contribution in [0.4, 0.5) is 5.69 Å². The van der Waals surface area contributed by atoms with Crippen LogP contribution in [0.5, 0.6) is 5.75 Å². The van der Waals surface area contributed by atoms with Crippen molar-refractivity contribution in [2.24, 2.45) is 0 Å². The molecule has 0 aliphatic carbocycles. The number of amides is 1. The molecule has 5 aromatic rings. The van der Waals surface area contributed by atoms with Crippen molar-refractivity contribution >= 4 is 22.7 Å². The number of nitrogens with one attached hydrogen (secondary N) is 1. The summed E-state index contributed by atoms with van der Waals surface area (Å²) in [6, 6.07) is 31.3. The average Bonchev–Trinajstić information content (AvgIpc) is 3.40. The summed E-state index contributed by atoms with van der Waals surface area (Å²) >= 11 is 0. The topological polar surface area (TPSA) is 78.6 Å².